The largest absolute Gasteiger partial charge is 0.496 e. The first kappa shape index (κ1) is 13.7. The Morgan fingerprint density at radius 1 is 1.33 bits per heavy atom. The van der Waals surface area contributed by atoms with Crippen LogP contribution in [0.25, 0.3) is 0 Å². The molecule has 0 aliphatic heterocycles. The van der Waals surface area contributed by atoms with E-state index in [0.717, 1.165) is 41.5 Å². The third kappa shape index (κ3) is 2.50. The Bertz CT molecular complexity index is 435. The number of methoxy groups -OCH3 is 1. The Morgan fingerprint density at radius 3 is 2.67 bits per heavy atom. The molecule has 1 aromatic rings. The highest BCUT2D eigenvalue weighted by molar-refractivity contribution is 6.30. The van der Waals surface area contributed by atoms with Crippen molar-refractivity contribution in [1.29, 1.82) is 0 Å². The molecule has 0 heterocycles. The van der Waals surface area contributed by atoms with Crippen molar-refractivity contribution in [3.8, 4) is 5.75 Å². The van der Waals surface area contributed by atoms with Crippen LogP contribution in [0, 0.1) is 11.8 Å². The normalized spacial score (nSPS) is 32.3. The van der Waals surface area contributed by atoms with Crippen LogP contribution in [0.1, 0.15) is 38.7 Å². The van der Waals surface area contributed by atoms with E-state index < -0.39 is 0 Å². The van der Waals surface area contributed by atoms with Crippen molar-refractivity contribution < 1.29 is 4.74 Å². The van der Waals surface area contributed by atoms with E-state index in [1.54, 1.807) is 7.11 Å². The van der Waals surface area contributed by atoms with E-state index in [0.29, 0.717) is 5.92 Å². The molecule has 1 aliphatic carbocycles. The molecule has 0 spiro atoms. The average Bonchev–Trinajstić information content (AvgIpc) is 2.34. The Morgan fingerprint density at radius 2 is 2.06 bits per heavy atom. The van der Waals surface area contributed by atoms with Gasteiger partial charge in [-0.2, -0.15) is 0 Å². The first-order valence-corrected chi connectivity index (χ1v) is 6.97. The van der Waals surface area contributed by atoms with Crippen molar-refractivity contribution >= 4 is 11.6 Å². The first-order chi connectivity index (χ1) is 8.46. The third-order valence-corrected chi connectivity index (χ3v) is 4.64. The minimum atomic E-state index is -0.303. The fraction of sp³-hybridized carbons (Fsp3) is 0.600. The summed E-state index contributed by atoms with van der Waals surface area (Å²) in [6.45, 7) is 4.59. The maximum absolute atomic E-state index is 6.64. The summed E-state index contributed by atoms with van der Waals surface area (Å²) in [4.78, 5) is 0. The van der Waals surface area contributed by atoms with Crippen LogP contribution >= 0.6 is 11.6 Å². The molecular weight excluding hydrogens is 246 g/mol. The fourth-order valence-corrected chi connectivity index (χ4v) is 3.13. The van der Waals surface area contributed by atoms with Gasteiger partial charge in [0.1, 0.15) is 5.75 Å². The Labute approximate surface area is 114 Å². The summed E-state index contributed by atoms with van der Waals surface area (Å²) in [6, 6.07) is 5.72. The number of halogens is 1. The second-order valence-electron chi connectivity index (χ2n) is 5.70. The summed E-state index contributed by atoms with van der Waals surface area (Å²) >= 11 is 6.11. The zero-order chi connectivity index (χ0) is 13.3. The van der Waals surface area contributed by atoms with Crippen LogP contribution in [0.2, 0.25) is 5.02 Å². The van der Waals surface area contributed by atoms with Gasteiger partial charge in [0, 0.05) is 16.1 Å². The van der Waals surface area contributed by atoms with Gasteiger partial charge < -0.3 is 10.5 Å². The maximum Gasteiger partial charge on any atom is 0.124 e. The SMILES string of the molecule is COc1ccc(Cl)cc1C1(N)CCC(C)C(C)C1. The smallest absolute Gasteiger partial charge is 0.124 e. The van der Waals surface area contributed by atoms with Gasteiger partial charge in [0.2, 0.25) is 0 Å². The number of rotatable bonds is 2. The molecule has 1 aromatic carbocycles. The lowest BCUT2D eigenvalue weighted by molar-refractivity contribution is 0.173. The molecule has 0 radical (unpaired) electrons. The summed E-state index contributed by atoms with van der Waals surface area (Å²) in [5.74, 6) is 2.22. The molecule has 18 heavy (non-hydrogen) atoms. The Balaban J connectivity index is 2.37. The molecule has 0 aromatic heterocycles. The van der Waals surface area contributed by atoms with E-state index in [1.165, 1.54) is 0 Å². The van der Waals surface area contributed by atoms with E-state index in [2.05, 4.69) is 13.8 Å². The molecule has 3 heteroatoms. The van der Waals surface area contributed by atoms with Crippen molar-refractivity contribution in [3.63, 3.8) is 0 Å². The summed E-state index contributed by atoms with van der Waals surface area (Å²) in [6.07, 6.45) is 3.15. The minimum absolute atomic E-state index is 0.303. The summed E-state index contributed by atoms with van der Waals surface area (Å²) in [5.41, 5.74) is 7.39. The minimum Gasteiger partial charge on any atom is -0.496 e. The molecular formula is C15H22ClNO. The fourth-order valence-electron chi connectivity index (χ4n) is 2.96. The molecule has 0 saturated heterocycles. The Hall–Kier alpha value is -0.730. The van der Waals surface area contributed by atoms with Crippen LogP contribution < -0.4 is 10.5 Å². The van der Waals surface area contributed by atoms with Gasteiger partial charge in [-0.25, -0.2) is 0 Å². The van der Waals surface area contributed by atoms with E-state index in [4.69, 9.17) is 22.1 Å². The number of hydrogen-bond donors (Lipinski definition) is 1. The molecule has 0 bridgehead atoms. The zero-order valence-electron chi connectivity index (χ0n) is 11.4. The van der Waals surface area contributed by atoms with Crippen LogP contribution in [0.3, 0.4) is 0 Å². The van der Waals surface area contributed by atoms with Gasteiger partial charge >= 0.3 is 0 Å². The lowest BCUT2D eigenvalue weighted by Crippen LogP contribution is -2.43. The van der Waals surface area contributed by atoms with Gasteiger partial charge in [0.15, 0.2) is 0 Å². The van der Waals surface area contributed by atoms with Crippen molar-refractivity contribution in [1.82, 2.24) is 0 Å². The molecule has 100 valence electrons. The first-order valence-electron chi connectivity index (χ1n) is 6.59. The molecule has 2 rings (SSSR count). The summed E-state index contributed by atoms with van der Waals surface area (Å²) in [7, 11) is 1.69. The van der Waals surface area contributed by atoms with E-state index >= 15 is 0 Å². The number of ether oxygens (including phenoxy) is 1. The van der Waals surface area contributed by atoms with Crippen LogP contribution in [0.4, 0.5) is 0 Å². The number of benzene rings is 1. The van der Waals surface area contributed by atoms with Crippen molar-refractivity contribution in [2.24, 2.45) is 17.6 Å². The zero-order valence-corrected chi connectivity index (χ0v) is 12.1. The summed E-state index contributed by atoms with van der Waals surface area (Å²) < 4.78 is 5.44. The third-order valence-electron chi connectivity index (χ3n) is 4.40. The van der Waals surface area contributed by atoms with E-state index in [9.17, 15) is 0 Å². The average molecular weight is 268 g/mol. The molecule has 2 nitrogen and oxygen atoms in total. The maximum atomic E-state index is 6.64. The highest BCUT2D eigenvalue weighted by Crippen LogP contribution is 2.44. The highest BCUT2D eigenvalue weighted by atomic mass is 35.5. The number of hydrogen-bond acceptors (Lipinski definition) is 2. The van der Waals surface area contributed by atoms with Gasteiger partial charge in [0.25, 0.3) is 0 Å². The molecule has 3 unspecified atom stereocenters. The second-order valence-corrected chi connectivity index (χ2v) is 6.13. The standard InChI is InChI=1S/C15H22ClNO/c1-10-6-7-15(17,9-11(10)2)13-8-12(16)4-5-14(13)18-3/h4-5,8,10-11H,6-7,9,17H2,1-3H3. The quantitative estimate of drug-likeness (QED) is 0.880. The topological polar surface area (TPSA) is 35.2 Å². The van der Waals surface area contributed by atoms with Crippen LogP contribution in [-0.2, 0) is 5.54 Å². The molecule has 0 amide bonds. The lowest BCUT2D eigenvalue weighted by Gasteiger charge is -2.41. The molecule has 3 atom stereocenters. The van der Waals surface area contributed by atoms with Gasteiger partial charge in [-0.05, 0) is 49.3 Å². The van der Waals surface area contributed by atoms with Gasteiger partial charge in [-0.1, -0.05) is 25.4 Å². The predicted molar refractivity (Wildman–Crippen MR) is 76.0 cm³/mol. The van der Waals surface area contributed by atoms with E-state index in [-0.39, 0.29) is 5.54 Å². The van der Waals surface area contributed by atoms with Crippen LogP contribution in [0.15, 0.2) is 18.2 Å². The van der Waals surface area contributed by atoms with Gasteiger partial charge in [-0.15, -0.1) is 0 Å². The van der Waals surface area contributed by atoms with E-state index in [1.807, 2.05) is 18.2 Å². The van der Waals surface area contributed by atoms with Gasteiger partial charge in [-0.3, -0.25) is 0 Å². The van der Waals surface area contributed by atoms with Crippen molar-refractivity contribution in [3.05, 3.63) is 28.8 Å². The monoisotopic (exact) mass is 267 g/mol. The molecule has 2 N–H and O–H groups in total. The summed E-state index contributed by atoms with van der Waals surface area (Å²) in [5, 5.41) is 0.724. The second kappa shape index (κ2) is 5.10. The van der Waals surface area contributed by atoms with Gasteiger partial charge in [0.05, 0.1) is 7.11 Å². The Kier molecular flexibility index (Phi) is 3.88. The van der Waals surface area contributed by atoms with Crippen molar-refractivity contribution in [2.45, 2.75) is 38.6 Å². The number of nitrogens with two attached hydrogens (primary N) is 1. The molecule has 1 aliphatic rings. The lowest BCUT2D eigenvalue weighted by atomic mass is 9.69. The molecule has 1 saturated carbocycles. The van der Waals surface area contributed by atoms with Crippen LogP contribution in [-0.4, -0.2) is 7.11 Å². The van der Waals surface area contributed by atoms with Crippen molar-refractivity contribution in [2.75, 3.05) is 7.11 Å². The predicted octanol–water partition coefficient (Wildman–Crippen LogP) is 3.96. The highest BCUT2D eigenvalue weighted by Gasteiger charge is 2.37. The molecule has 1 fully saturated rings. The van der Waals surface area contributed by atoms with Crippen LogP contribution in [0.5, 0.6) is 5.75 Å².